The van der Waals surface area contributed by atoms with Crippen molar-refractivity contribution in [3.8, 4) is 0 Å². The van der Waals surface area contributed by atoms with Gasteiger partial charge >= 0.3 is 0 Å². The van der Waals surface area contributed by atoms with Gasteiger partial charge < -0.3 is 0 Å². The predicted molar refractivity (Wildman–Crippen MR) is 63.6 cm³/mol. The van der Waals surface area contributed by atoms with Crippen molar-refractivity contribution in [2.75, 3.05) is 0 Å². The molecule has 2 aromatic rings. The molecule has 0 spiro atoms. The Labute approximate surface area is 98.9 Å². The smallest absolute Gasteiger partial charge is 0.170 e. The zero-order chi connectivity index (χ0) is 11.8. The molecule has 2 heteroatoms. The molecule has 84 valence electrons. The van der Waals surface area contributed by atoms with E-state index in [1.165, 1.54) is 12.1 Å². The van der Waals surface area contributed by atoms with Gasteiger partial charge in [-0.1, -0.05) is 36.4 Å². The van der Waals surface area contributed by atoms with Crippen LogP contribution in [0.2, 0.25) is 0 Å². The molecule has 17 heavy (non-hydrogen) atoms. The van der Waals surface area contributed by atoms with E-state index in [0.717, 1.165) is 23.1 Å². The Hall–Kier alpha value is -1.96. The maximum Gasteiger partial charge on any atom is 0.170 e. The predicted octanol–water partition coefficient (Wildman–Crippen LogP) is 3.35. The third kappa shape index (κ3) is 1.66. The SMILES string of the molecule is O=C1c2ccccc2C[C@@H]1c1ccc(F)cc1. The minimum Gasteiger partial charge on any atom is -0.293 e. The second-order valence-electron chi connectivity index (χ2n) is 4.33. The summed E-state index contributed by atoms with van der Waals surface area (Å²) >= 11 is 0. The van der Waals surface area contributed by atoms with E-state index in [-0.39, 0.29) is 17.5 Å². The van der Waals surface area contributed by atoms with Crippen LogP contribution >= 0.6 is 0 Å². The molecule has 2 aromatic carbocycles. The summed E-state index contributed by atoms with van der Waals surface area (Å²) in [7, 11) is 0. The highest BCUT2D eigenvalue weighted by Gasteiger charge is 2.30. The molecule has 0 heterocycles. The van der Waals surface area contributed by atoms with E-state index in [4.69, 9.17) is 0 Å². The normalized spacial score (nSPS) is 18.2. The van der Waals surface area contributed by atoms with Gasteiger partial charge in [-0.3, -0.25) is 4.79 Å². The first-order chi connectivity index (χ1) is 8.25. The summed E-state index contributed by atoms with van der Waals surface area (Å²) < 4.78 is 12.8. The van der Waals surface area contributed by atoms with Gasteiger partial charge in [0.25, 0.3) is 0 Å². The summed E-state index contributed by atoms with van der Waals surface area (Å²) in [5, 5.41) is 0. The molecule has 0 N–H and O–H groups in total. The van der Waals surface area contributed by atoms with Crippen molar-refractivity contribution in [2.24, 2.45) is 0 Å². The molecule has 1 aliphatic rings. The Morgan fingerprint density at radius 3 is 2.41 bits per heavy atom. The lowest BCUT2D eigenvalue weighted by Crippen LogP contribution is -2.06. The molecule has 0 bridgehead atoms. The van der Waals surface area contributed by atoms with Crippen LogP contribution in [0.4, 0.5) is 4.39 Å². The van der Waals surface area contributed by atoms with Gasteiger partial charge in [0.15, 0.2) is 5.78 Å². The fourth-order valence-corrected chi connectivity index (χ4v) is 2.40. The van der Waals surface area contributed by atoms with E-state index < -0.39 is 0 Å². The van der Waals surface area contributed by atoms with Crippen LogP contribution in [-0.4, -0.2) is 5.78 Å². The van der Waals surface area contributed by atoms with E-state index in [9.17, 15) is 9.18 Å². The highest BCUT2D eigenvalue weighted by atomic mass is 19.1. The Kier molecular flexibility index (Phi) is 2.29. The third-order valence-electron chi connectivity index (χ3n) is 3.30. The van der Waals surface area contributed by atoms with E-state index in [1.54, 1.807) is 12.1 Å². The first kappa shape index (κ1) is 10.2. The maximum absolute atomic E-state index is 12.8. The Morgan fingerprint density at radius 2 is 1.71 bits per heavy atom. The lowest BCUT2D eigenvalue weighted by atomic mass is 9.95. The molecule has 0 radical (unpaired) electrons. The average molecular weight is 226 g/mol. The standard InChI is InChI=1S/C15H11FO/c16-12-7-5-10(6-8-12)14-9-11-3-1-2-4-13(11)15(14)17/h1-8,14H,9H2/t14-/m1/s1. The van der Waals surface area contributed by atoms with E-state index in [2.05, 4.69) is 0 Å². The number of carbonyl (C=O) groups excluding carboxylic acids is 1. The second-order valence-corrected chi connectivity index (χ2v) is 4.33. The van der Waals surface area contributed by atoms with Gasteiger partial charge in [-0.2, -0.15) is 0 Å². The van der Waals surface area contributed by atoms with Crippen LogP contribution in [-0.2, 0) is 6.42 Å². The molecule has 0 fully saturated rings. The third-order valence-corrected chi connectivity index (χ3v) is 3.30. The number of carbonyl (C=O) groups is 1. The van der Waals surface area contributed by atoms with Crippen LogP contribution in [0.1, 0.15) is 27.4 Å². The highest BCUT2D eigenvalue weighted by molar-refractivity contribution is 6.05. The Bertz CT molecular complexity index is 572. The van der Waals surface area contributed by atoms with Crippen LogP contribution in [0.3, 0.4) is 0 Å². The molecule has 0 saturated heterocycles. The summed E-state index contributed by atoms with van der Waals surface area (Å²) in [5.41, 5.74) is 2.79. The lowest BCUT2D eigenvalue weighted by Gasteiger charge is -2.07. The topological polar surface area (TPSA) is 17.1 Å². The molecule has 0 aliphatic heterocycles. The maximum atomic E-state index is 12.8. The first-order valence-corrected chi connectivity index (χ1v) is 5.63. The minimum atomic E-state index is -0.267. The van der Waals surface area contributed by atoms with Crippen LogP contribution in [0.5, 0.6) is 0 Å². The molecule has 0 aromatic heterocycles. The largest absolute Gasteiger partial charge is 0.293 e. The van der Waals surface area contributed by atoms with Gasteiger partial charge in [0.05, 0.1) is 5.92 Å². The Morgan fingerprint density at radius 1 is 1.00 bits per heavy atom. The molecule has 0 unspecified atom stereocenters. The van der Waals surface area contributed by atoms with Crippen molar-refractivity contribution in [1.82, 2.24) is 0 Å². The van der Waals surface area contributed by atoms with E-state index in [1.807, 2.05) is 24.3 Å². The zero-order valence-corrected chi connectivity index (χ0v) is 9.19. The molecular weight excluding hydrogens is 215 g/mol. The van der Waals surface area contributed by atoms with Crippen molar-refractivity contribution < 1.29 is 9.18 Å². The lowest BCUT2D eigenvalue weighted by molar-refractivity contribution is 0.0973. The summed E-state index contributed by atoms with van der Waals surface area (Å²) in [6.07, 6.45) is 0.723. The van der Waals surface area contributed by atoms with Crippen molar-refractivity contribution in [3.63, 3.8) is 0 Å². The summed E-state index contributed by atoms with van der Waals surface area (Å²) in [4.78, 5) is 12.2. The number of Topliss-reactive ketones (excluding diaryl/α,β-unsaturated/α-hetero) is 1. The Balaban J connectivity index is 1.99. The van der Waals surface area contributed by atoms with E-state index in [0.29, 0.717) is 0 Å². The molecule has 1 aliphatic carbocycles. The summed E-state index contributed by atoms with van der Waals surface area (Å²) in [6, 6.07) is 13.9. The monoisotopic (exact) mass is 226 g/mol. The van der Waals surface area contributed by atoms with Gasteiger partial charge in [0.1, 0.15) is 5.82 Å². The summed E-state index contributed by atoms with van der Waals surface area (Å²) in [5.74, 6) is -0.267. The number of hydrogen-bond donors (Lipinski definition) is 0. The quantitative estimate of drug-likeness (QED) is 0.728. The fraction of sp³-hybridized carbons (Fsp3) is 0.133. The van der Waals surface area contributed by atoms with Crippen LogP contribution in [0.15, 0.2) is 48.5 Å². The molecule has 1 nitrogen and oxygen atoms in total. The molecule has 3 rings (SSSR count). The van der Waals surface area contributed by atoms with Gasteiger partial charge in [-0.15, -0.1) is 0 Å². The second kappa shape index (κ2) is 3.81. The first-order valence-electron chi connectivity index (χ1n) is 5.63. The number of rotatable bonds is 1. The number of halogens is 1. The molecular formula is C15H11FO. The zero-order valence-electron chi connectivity index (χ0n) is 9.19. The number of ketones is 1. The minimum absolute atomic E-state index is 0.145. The summed E-state index contributed by atoms with van der Waals surface area (Å²) in [6.45, 7) is 0. The van der Waals surface area contributed by atoms with Crippen LogP contribution in [0, 0.1) is 5.82 Å². The molecule has 1 atom stereocenters. The van der Waals surface area contributed by atoms with Crippen molar-refractivity contribution >= 4 is 5.78 Å². The van der Waals surface area contributed by atoms with Crippen LogP contribution in [0.25, 0.3) is 0 Å². The highest BCUT2D eigenvalue weighted by Crippen LogP contribution is 2.33. The fourth-order valence-electron chi connectivity index (χ4n) is 2.40. The average Bonchev–Trinajstić information content (AvgIpc) is 2.69. The number of fused-ring (bicyclic) bond motifs is 1. The van der Waals surface area contributed by atoms with Gasteiger partial charge in [0.2, 0.25) is 0 Å². The van der Waals surface area contributed by atoms with Gasteiger partial charge in [-0.25, -0.2) is 4.39 Å². The number of hydrogen-bond acceptors (Lipinski definition) is 1. The van der Waals surface area contributed by atoms with Gasteiger partial charge in [0, 0.05) is 5.56 Å². The van der Waals surface area contributed by atoms with Crippen molar-refractivity contribution in [2.45, 2.75) is 12.3 Å². The number of benzene rings is 2. The molecule has 0 saturated carbocycles. The molecule has 0 amide bonds. The van der Waals surface area contributed by atoms with Gasteiger partial charge in [-0.05, 0) is 29.7 Å². The van der Waals surface area contributed by atoms with Crippen molar-refractivity contribution in [1.29, 1.82) is 0 Å². The van der Waals surface area contributed by atoms with Crippen LogP contribution < -0.4 is 0 Å². The van der Waals surface area contributed by atoms with E-state index >= 15 is 0 Å². The van der Waals surface area contributed by atoms with Crippen molar-refractivity contribution in [3.05, 3.63) is 71.0 Å².